The van der Waals surface area contributed by atoms with Crippen LogP contribution in [-0.2, 0) is 9.05 Å². The molecule has 2 aromatic heterocycles. The summed E-state index contributed by atoms with van der Waals surface area (Å²) in [5.74, 6) is 0.122. The van der Waals surface area contributed by atoms with E-state index in [2.05, 4.69) is 10.1 Å². The molecule has 0 aliphatic rings. The smallest absolute Gasteiger partial charge is 0.262 e. The van der Waals surface area contributed by atoms with Crippen LogP contribution in [0, 0.1) is 0 Å². The molecule has 86 valence electrons. The first-order valence-corrected chi connectivity index (χ1v) is 6.90. The molecular weight excluding hydrogens is 252 g/mol. The summed E-state index contributed by atoms with van der Waals surface area (Å²) in [5.41, 5.74) is 0.984. The average molecular weight is 261 g/mol. The molecule has 0 N–H and O–H groups in total. The van der Waals surface area contributed by atoms with Crippen LogP contribution in [0.25, 0.3) is 11.1 Å². The quantitative estimate of drug-likeness (QED) is 0.775. The molecule has 0 saturated heterocycles. The zero-order valence-corrected chi connectivity index (χ0v) is 10.2. The summed E-state index contributed by atoms with van der Waals surface area (Å²) in [6.07, 6.45) is 1.15. The number of nitrogens with zero attached hydrogens (tertiary/aromatic N) is 2. The predicted octanol–water partition coefficient (Wildman–Crippen LogP) is 2.27. The molecule has 2 aromatic rings. The Bertz CT molecular complexity index is 633. The Hall–Kier alpha value is -1.14. The van der Waals surface area contributed by atoms with E-state index in [0.717, 1.165) is 6.20 Å². The third kappa shape index (κ3) is 1.90. The van der Waals surface area contributed by atoms with E-state index in [4.69, 9.17) is 15.2 Å². The van der Waals surface area contributed by atoms with Crippen LogP contribution >= 0.6 is 10.7 Å². The van der Waals surface area contributed by atoms with Crippen molar-refractivity contribution in [2.45, 2.75) is 24.7 Å². The molecule has 2 heterocycles. The van der Waals surface area contributed by atoms with E-state index in [1.807, 2.05) is 13.8 Å². The van der Waals surface area contributed by atoms with Gasteiger partial charge in [-0.25, -0.2) is 13.4 Å². The van der Waals surface area contributed by atoms with Gasteiger partial charge in [0.1, 0.15) is 4.90 Å². The van der Waals surface area contributed by atoms with Gasteiger partial charge in [0.05, 0.1) is 17.3 Å². The third-order valence-corrected chi connectivity index (χ3v) is 3.48. The first-order chi connectivity index (χ1) is 7.39. The fourth-order valence-corrected chi connectivity index (χ4v) is 2.07. The van der Waals surface area contributed by atoms with Crippen molar-refractivity contribution in [3.8, 4) is 0 Å². The summed E-state index contributed by atoms with van der Waals surface area (Å²) in [5, 5.41) is 4.42. The minimum atomic E-state index is -3.77. The molecule has 0 saturated carbocycles. The maximum atomic E-state index is 11.2. The first-order valence-electron chi connectivity index (χ1n) is 4.59. The number of pyridine rings is 1. The van der Waals surface area contributed by atoms with Gasteiger partial charge in [0.15, 0.2) is 0 Å². The molecule has 0 aliphatic carbocycles. The Kier molecular flexibility index (Phi) is 2.63. The summed E-state index contributed by atoms with van der Waals surface area (Å²) < 4.78 is 27.3. The Morgan fingerprint density at radius 2 is 2.12 bits per heavy atom. The summed E-state index contributed by atoms with van der Waals surface area (Å²) >= 11 is 0. The highest BCUT2D eigenvalue weighted by Crippen LogP contribution is 2.26. The fraction of sp³-hybridized carbons (Fsp3) is 0.333. The maximum Gasteiger partial charge on any atom is 0.262 e. The highest BCUT2D eigenvalue weighted by atomic mass is 35.7. The van der Waals surface area contributed by atoms with E-state index < -0.39 is 9.05 Å². The zero-order valence-electron chi connectivity index (χ0n) is 8.64. The average Bonchev–Trinajstić information content (AvgIpc) is 2.58. The topological polar surface area (TPSA) is 73.1 Å². The number of hydrogen-bond acceptors (Lipinski definition) is 5. The molecular formula is C9H9ClN2O3S. The van der Waals surface area contributed by atoms with Crippen molar-refractivity contribution in [3.63, 3.8) is 0 Å². The minimum Gasteiger partial charge on any atom is -0.336 e. The molecule has 0 aliphatic heterocycles. The second-order valence-corrected chi connectivity index (χ2v) is 6.25. The maximum absolute atomic E-state index is 11.2. The molecule has 5 nitrogen and oxygen atoms in total. The Balaban J connectivity index is 2.73. The van der Waals surface area contributed by atoms with Crippen molar-refractivity contribution in [2.75, 3.05) is 0 Å². The molecule has 0 amide bonds. The number of halogens is 1. The van der Waals surface area contributed by atoms with E-state index >= 15 is 0 Å². The van der Waals surface area contributed by atoms with Crippen molar-refractivity contribution in [2.24, 2.45) is 0 Å². The van der Waals surface area contributed by atoms with Crippen LogP contribution in [0.4, 0.5) is 0 Å². The van der Waals surface area contributed by atoms with E-state index in [0.29, 0.717) is 16.8 Å². The van der Waals surface area contributed by atoms with Crippen molar-refractivity contribution < 1.29 is 12.9 Å². The predicted molar refractivity (Wildman–Crippen MR) is 58.9 cm³/mol. The van der Waals surface area contributed by atoms with Crippen molar-refractivity contribution in [1.82, 2.24) is 10.1 Å². The van der Waals surface area contributed by atoms with Crippen LogP contribution in [0.5, 0.6) is 0 Å². The van der Waals surface area contributed by atoms with Crippen molar-refractivity contribution in [3.05, 3.63) is 18.0 Å². The Morgan fingerprint density at radius 3 is 2.69 bits per heavy atom. The number of rotatable bonds is 2. The summed E-state index contributed by atoms with van der Waals surface area (Å²) in [6.45, 7) is 3.86. The highest BCUT2D eigenvalue weighted by Gasteiger charge is 2.17. The lowest BCUT2D eigenvalue weighted by atomic mass is 10.1. The molecule has 0 radical (unpaired) electrons. The monoisotopic (exact) mass is 260 g/mol. The van der Waals surface area contributed by atoms with Gasteiger partial charge in [0, 0.05) is 10.7 Å². The SMILES string of the molecule is CC(C)c1noc2ncc(S(=O)(=O)Cl)cc12. The lowest BCUT2D eigenvalue weighted by Crippen LogP contribution is -1.93. The molecule has 0 atom stereocenters. The molecule has 0 aromatic carbocycles. The molecule has 0 bridgehead atoms. The van der Waals surface area contributed by atoms with Crippen LogP contribution in [0.3, 0.4) is 0 Å². The van der Waals surface area contributed by atoms with E-state index in [9.17, 15) is 8.42 Å². The van der Waals surface area contributed by atoms with Gasteiger partial charge in [-0.2, -0.15) is 0 Å². The van der Waals surface area contributed by atoms with E-state index in [1.165, 1.54) is 6.07 Å². The molecule has 7 heteroatoms. The van der Waals surface area contributed by atoms with Gasteiger partial charge in [-0.15, -0.1) is 0 Å². The molecule has 0 unspecified atom stereocenters. The van der Waals surface area contributed by atoms with Gasteiger partial charge in [-0.05, 0) is 12.0 Å². The van der Waals surface area contributed by atoms with Gasteiger partial charge >= 0.3 is 0 Å². The van der Waals surface area contributed by atoms with Crippen LogP contribution in [0.15, 0.2) is 21.7 Å². The minimum absolute atomic E-state index is 0.0493. The second kappa shape index (κ2) is 3.71. The summed E-state index contributed by atoms with van der Waals surface area (Å²) in [6, 6.07) is 1.43. The molecule has 2 rings (SSSR count). The van der Waals surface area contributed by atoms with Crippen LogP contribution in [0.2, 0.25) is 0 Å². The van der Waals surface area contributed by atoms with Crippen LogP contribution in [-0.4, -0.2) is 18.6 Å². The summed E-state index contributed by atoms with van der Waals surface area (Å²) in [4.78, 5) is 3.81. The van der Waals surface area contributed by atoms with E-state index in [-0.39, 0.29) is 10.8 Å². The van der Waals surface area contributed by atoms with Crippen molar-refractivity contribution in [1.29, 1.82) is 0 Å². The lowest BCUT2D eigenvalue weighted by Gasteiger charge is -1.99. The number of aromatic nitrogens is 2. The van der Waals surface area contributed by atoms with Crippen LogP contribution in [0.1, 0.15) is 25.5 Å². The van der Waals surface area contributed by atoms with Gasteiger partial charge in [0.2, 0.25) is 0 Å². The first kappa shape index (κ1) is 11.3. The fourth-order valence-electron chi connectivity index (χ4n) is 1.38. The van der Waals surface area contributed by atoms with E-state index in [1.54, 1.807) is 0 Å². The number of fused-ring (bicyclic) bond motifs is 1. The van der Waals surface area contributed by atoms with Gasteiger partial charge in [-0.3, -0.25) is 0 Å². The lowest BCUT2D eigenvalue weighted by molar-refractivity contribution is 0.434. The highest BCUT2D eigenvalue weighted by molar-refractivity contribution is 8.13. The largest absolute Gasteiger partial charge is 0.336 e. The normalized spacial score (nSPS) is 12.5. The Labute approximate surface area is 96.8 Å². The summed E-state index contributed by atoms with van der Waals surface area (Å²) in [7, 11) is 1.46. The standard InChI is InChI=1S/C9H9ClN2O3S/c1-5(2)8-7-3-6(16(10,13)14)4-11-9(7)15-12-8/h3-5H,1-2H3. The third-order valence-electron chi connectivity index (χ3n) is 2.16. The number of hydrogen-bond donors (Lipinski definition) is 0. The van der Waals surface area contributed by atoms with Gasteiger partial charge in [0.25, 0.3) is 14.8 Å². The molecule has 16 heavy (non-hydrogen) atoms. The van der Waals surface area contributed by atoms with Gasteiger partial charge in [-0.1, -0.05) is 19.0 Å². The van der Waals surface area contributed by atoms with Gasteiger partial charge < -0.3 is 4.52 Å². The molecule has 0 spiro atoms. The Morgan fingerprint density at radius 1 is 1.44 bits per heavy atom. The molecule has 0 fully saturated rings. The van der Waals surface area contributed by atoms with Crippen molar-refractivity contribution >= 4 is 30.8 Å². The zero-order chi connectivity index (χ0) is 11.9. The van der Waals surface area contributed by atoms with Crippen LogP contribution < -0.4 is 0 Å². The second-order valence-electron chi connectivity index (χ2n) is 3.68.